The van der Waals surface area contributed by atoms with Crippen LogP contribution >= 0.6 is 11.6 Å². The number of carbonyl (C=O) groups is 1. The minimum atomic E-state index is -0.733. The normalized spacial score (nSPS) is 14.3. The lowest BCUT2D eigenvalue weighted by atomic mass is 10.3. The summed E-state index contributed by atoms with van der Waals surface area (Å²) < 4.78 is 7.41. The summed E-state index contributed by atoms with van der Waals surface area (Å²) in [6.45, 7) is 2.44. The first-order valence-corrected chi connectivity index (χ1v) is 9.42. The number of fused-ring (bicyclic) bond motifs is 1. The van der Waals surface area contributed by atoms with Crippen LogP contribution in [0, 0.1) is 0 Å². The van der Waals surface area contributed by atoms with Gasteiger partial charge in [0.05, 0.1) is 17.8 Å². The van der Waals surface area contributed by atoms with E-state index >= 15 is 0 Å². The highest BCUT2D eigenvalue weighted by Crippen LogP contribution is 2.29. The summed E-state index contributed by atoms with van der Waals surface area (Å²) in [5, 5.41) is 3.69. The number of methoxy groups -OCH3 is 1. The van der Waals surface area contributed by atoms with Gasteiger partial charge in [-0.05, 0) is 12.1 Å². The topological polar surface area (TPSA) is 114 Å². The van der Waals surface area contributed by atoms with Gasteiger partial charge in [-0.15, -0.1) is 0 Å². The maximum Gasteiger partial charge on any atom is 0.330 e. The molecule has 3 heterocycles. The number of anilines is 1. The lowest BCUT2D eigenvalue weighted by Gasteiger charge is -2.28. The molecular formula is C18H19ClN6O4. The molecule has 1 aliphatic rings. The highest BCUT2D eigenvalue weighted by molar-refractivity contribution is 6.32. The number of imidazole rings is 1. The van der Waals surface area contributed by atoms with Gasteiger partial charge in [-0.1, -0.05) is 23.7 Å². The molecular weight excluding hydrogens is 400 g/mol. The van der Waals surface area contributed by atoms with Crippen molar-refractivity contribution in [3.8, 4) is 5.69 Å². The van der Waals surface area contributed by atoms with Gasteiger partial charge in [0.2, 0.25) is 5.95 Å². The minimum Gasteiger partial charge on any atom is -0.468 e. The van der Waals surface area contributed by atoms with Crippen LogP contribution in [0.1, 0.15) is 0 Å². The zero-order valence-corrected chi connectivity index (χ0v) is 16.4. The fourth-order valence-corrected chi connectivity index (χ4v) is 3.61. The molecule has 2 aromatic heterocycles. The number of nitrogens with one attached hydrogen (secondary N) is 2. The molecule has 0 spiro atoms. The first kappa shape index (κ1) is 19.2. The van der Waals surface area contributed by atoms with E-state index in [1.807, 2.05) is 4.90 Å². The maximum absolute atomic E-state index is 12.8. The summed E-state index contributed by atoms with van der Waals surface area (Å²) in [7, 11) is 1.23. The standard InChI is InChI=1S/C18H19ClN6O4/c1-29-13(26)10-24-15-14(16(27)22-18(24)28)25(12-5-3-2-4-11(12)19)17(21-15)23-8-6-20-7-9-23/h2-5,20H,6-10H2,1H3,(H,22,27,28). The fourth-order valence-electron chi connectivity index (χ4n) is 3.39. The predicted octanol–water partition coefficient (Wildman–Crippen LogP) is 0.112. The number of benzene rings is 1. The number of esters is 1. The second-order valence-electron chi connectivity index (χ2n) is 6.53. The van der Waals surface area contributed by atoms with Crippen LogP contribution in [0.5, 0.6) is 0 Å². The Labute approximate surface area is 169 Å². The Morgan fingerprint density at radius 1 is 1.24 bits per heavy atom. The van der Waals surface area contributed by atoms with E-state index in [0.29, 0.717) is 29.7 Å². The van der Waals surface area contributed by atoms with Crippen LogP contribution in [0.15, 0.2) is 33.9 Å². The molecule has 1 saturated heterocycles. The number of aromatic nitrogens is 4. The molecule has 3 aromatic rings. The number of halogens is 1. The Kier molecular flexibility index (Phi) is 5.12. The van der Waals surface area contributed by atoms with E-state index in [-0.39, 0.29) is 17.7 Å². The van der Waals surface area contributed by atoms with E-state index in [0.717, 1.165) is 17.7 Å². The highest BCUT2D eigenvalue weighted by Gasteiger charge is 2.26. The second kappa shape index (κ2) is 7.72. The van der Waals surface area contributed by atoms with Crippen molar-refractivity contribution in [3.05, 3.63) is 50.1 Å². The number of para-hydroxylation sites is 1. The molecule has 0 aliphatic carbocycles. The van der Waals surface area contributed by atoms with Crippen molar-refractivity contribution in [1.29, 1.82) is 0 Å². The maximum atomic E-state index is 12.8. The first-order chi connectivity index (χ1) is 14.0. The number of carbonyl (C=O) groups excluding carboxylic acids is 1. The van der Waals surface area contributed by atoms with Crippen LogP contribution in [0.2, 0.25) is 5.02 Å². The number of aromatic amines is 1. The van der Waals surface area contributed by atoms with Crippen molar-refractivity contribution < 1.29 is 9.53 Å². The van der Waals surface area contributed by atoms with Crippen molar-refractivity contribution in [1.82, 2.24) is 24.4 Å². The quantitative estimate of drug-likeness (QED) is 0.578. The summed E-state index contributed by atoms with van der Waals surface area (Å²) in [5.74, 6) is -0.152. The van der Waals surface area contributed by atoms with Gasteiger partial charge < -0.3 is 15.0 Å². The third kappa shape index (κ3) is 3.40. The molecule has 0 amide bonds. The van der Waals surface area contributed by atoms with E-state index in [2.05, 4.69) is 20.0 Å². The van der Waals surface area contributed by atoms with Gasteiger partial charge in [0.25, 0.3) is 5.56 Å². The molecule has 0 bridgehead atoms. The third-order valence-corrected chi connectivity index (χ3v) is 5.11. The van der Waals surface area contributed by atoms with E-state index in [1.165, 1.54) is 7.11 Å². The van der Waals surface area contributed by atoms with Gasteiger partial charge in [-0.3, -0.25) is 23.7 Å². The molecule has 4 rings (SSSR count). The van der Waals surface area contributed by atoms with E-state index < -0.39 is 17.2 Å². The molecule has 0 radical (unpaired) electrons. The molecule has 1 fully saturated rings. The average Bonchev–Trinajstić information content (AvgIpc) is 3.12. The number of hydrogen-bond donors (Lipinski definition) is 2. The molecule has 11 heteroatoms. The average molecular weight is 419 g/mol. The van der Waals surface area contributed by atoms with Crippen molar-refractivity contribution in [2.24, 2.45) is 0 Å². The van der Waals surface area contributed by atoms with E-state index in [1.54, 1.807) is 28.8 Å². The third-order valence-electron chi connectivity index (χ3n) is 4.79. The number of ether oxygens (including phenoxy) is 1. The molecule has 1 aliphatic heterocycles. The van der Waals surface area contributed by atoms with Crippen LogP contribution < -0.4 is 21.5 Å². The molecule has 0 atom stereocenters. The summed E-state index contributed by atoms with van der Waals surface area (Å²) in [5.41, 5.74) is -0.560. The van der Waals surface area contributed by atoms with Crippen LogP contribution in [-0.2, 0) is 16.1 Å². The Hall–Kier alpha value is -3.11. The Balaban J connectivity index is 2.06. The van der Waals surface area contributed by atoms with Gasteiger partial charge in [0, 0.05) is 26.2 Å². The van der Waals surface area contributed by atoms with Crippen LogP contribution in [0.3, 0.4) is 0 Å². The van der Waals surface area contributed by atoms with E-state index in [4.69, 9.17) is 11.6 Å². The fraction of sp³-hybridized carbons (Fsp3) is 0.333. The lowest BCUT2D eigenvalue weighted by molar-refractivity contribution is -0.141. The SMILES string of the molecule is COC(=O)Cn1c(=O)[nH]c(=O)c2c1nc(N1CCNCC1)n2-c1ccccc1Cl. The zero-order chi connectivity index (χ0) is 20.5. The van der Waals surface area contributed by atoms with E-state index in [9.17, 15) is 14.4 Å². The van der Waals surface area contributed by atoms with Crippen molar-refractivity contribution in [2.45, 2.75) is 6.54 Å². The summed E-state index contributed by atoms with van der Waals surface area (Å²) in [4.78, 5) is 45.9. The van der Waals surface area contributed by atoms with Crippen molar-refractivity contribution in [2.75, 3.05) is 38.2 Å². The molecule has 29 heavy (non-hydrogen) atoms. The Bertz CT molecular complexity index is 1190. The highest BCUT2D eigenvalue weighted by atomic mass is 35.5. The van der Waals surface area contributed by atoms with Gasteiger partial charge in [-0.2, -0.15) is 4.98 Å². The predicted molar refractivity (Wildman–Crippen MR) is 108 cm³/mol. The molecule has 0 saturated carbocycles. The van der Waals surface area contributed by atoms with Crippen LogP contribution in [0.25, 0.3) is 16.9 Å². The molecule has 10 nitrogen and oxygen atoms in total. The minimum absolute atomic E-state index is 0.0950. The Morgan fingerprint density at radius 2 is 1.97 bits per heavy atom. The monoisotopic (exact) mass is 418 g/mol. The van der Waals surface area contributed by atoms with Crippen LogP contribution in [-0.4, -0.2) is 58.4 Å². The number of hydrogen-bond acceptors (Lipinski definition) is 7. The largest absolute Gasteiger partial charge is 0.468 e. The number of nitrogens with zero attached hydrogens (tertiary/aromatic N) is 4. The number of rotatable bonds is 4. The van der Waals surface area contributed by atoms with Crippen molar-refractivity contribution >= 4 is 34.7 Å². The number of H-pyrrole nitrogens is 1. The van der Waals surface area contributed by atoms with Gasteiger partial charge in [0.1, 0.15) is 6.54 Å². The summed E-state index contributed by atoms with van der Waals surface area (Å²) in [6, 6.07) is 7.06. The van der Waals surface area contributed by atoms with Gasteiger partial charge in [-0.25, -0.2) is 4.79 Å². The number of piperazine rings is 1. The smallest absolute Gasteiger partial charge is 0.330 e. The molecule has 2 N–H and O–H groups in total. The van der Waals surface area contributed by atoms with Gasteiger partial charge in [0.15, 0.2) is 11.2 Å². The lowest BCUT2D eigenvalue weighted by Crippen LogP contribution is -2.44. The second-order valence-corrected chi connectivity index (χ2v) is 6.94. The molecule has 1 aromatic carbocycles. The van der Waals surface area contributed by atoms with Crippen LogP contribution in [0.4, 0.5) is 5.95 Å². The zero-order valence-electron chi connectivity index (χ0n) is 15.6. The first-order valence-electron chi connectivity index (χ1n) is 9.04. The van der Waals surface area contributed by atoms with Gasteiger partial charge >= 0.3 is 11.7 Å². The summed E-state index contributed by atoms with van der Waals surface area (Å²) >= 11 is 6.42. The molecule has 152 valence electrons. The summed E-state index contributed by atoms with van der Waals surface area (Å²) in [6.07, 6.45) is 0. The van der Waals surface area contributed by atoms with Crippen molar-refractivity contribution in [3.63, 3.8) is 0 Å². The molecule has 0 unspecified atom stereocenters. The Morgan fingerprint density at radius 3 is 2.66 bits per heavy atom.